The van der Waals surface area contributed by atoms with Crippen LogP contribution in [0.5, 0.6) is 0 Å². The minimum absolute atomic E-state index is 0.214. The first-order valence-corrected chi connectivity index (χ1v) is 8.95. The van der Waals surface area contributed by atoms with Crippen molar-refractivity contribution in [3.05, 3.63) is 0 Å². The topological polar surface area (TPSA) is 26.0 Å². The predicted molar refractivity (Wildman–Crippen MR) is 81.9 cm³/mol. The van der Waals surface area contributed by atoms with Gasteiger partial charge in [0.15, 0.2) is 0 Å². The van der Waals surface area contributed by atoms with Gasteiger partial charge in [-0.3, -0.25) is 0 Å². The third-order valence-electron chi connectivity index (χ3n) is 6.88. The van der Waals surface area contributed by atoms with Crippen molar-refractivity contribution in [2.45, 2.75) is 83.6 Å². The molecule has 19 heavy (non-hydrogen) atoms. The summed E-state index contributed by atoms with van der Waals surface area (Å²) >= 11 is 0. The maximum absolute atomic E-state index is 7.10. The van der Waals surface area contributed by atoms with Gasteiger partial charge in [-0.15, -0.1) is 0 Å². The van der Waals surface area contributed by atoms with E-state index in [1.165, 1.54) is 64.2 Å². The Hall–Kier alpha value is -0.0400. The standard InChI is InChI=1S/C18H33N/c1-3-4-11-18(19)16-8-6-5-7-14(16)15-12-13(2)9-10-17(15)18/h13-17H,3-12,19H2,1-2H3. The first-order valence-electron chi connectivity index (χ1n) is 8.95. The van der Waals surface area contributed by atoms with Crippen molar-refractivity contribution in [3.8, 4) is 0 Å². The molecule has 1 heteroatoms. The molecule has 0 aliphatic heterocycles. The molecular formula is C18H33N. The summed E-state index contributed by atoms with van der Waals surface area (Å²) in [4.78, 5) is 0. The summed E-state index contributed by atoms with van der Waals surface area (Å²) in [5, 5.41) is 0. The van der Waals surface area contributed by atoms with Crippen LogP contribution in [-0.4, -0.2) is 5.54 Å². The Morgan fingerprint density at radius 2 is 1.74 bits per heavy atom. The van der Waals surface area contributed by atoms with Gasteiger partial charge in [0, 0.05) is 5.54 Å². The Kier molecular flexibility index (Phi) is 3.95. The van der Waals surface area contributed by atoms with Crippen LogP contribution in [0.2, 0.25) is 0 Å². The summed E-state index contributed by atoms with van der Waals surface area (Å²) in [5.41, 5.74) is 7.31. The number of unbranched alkanes of at least 4 members (excludes halogenated alkanes) is 1. The molecule has 3 aliphatic carbocycles. The van der Waals surface area contributed by atoms with Crippen molar-refractivity contribution < 1.29 is 0 Å². The van der Waals surface area contributed by atoms with E-state index >= 15 is 0 Å². The molecule has 0 radical (unpaired) electrons. The first kappa shape index (κ1) is 13.9. The van der Waals surface area contributed by atoms with Crippen LogP contribution in [0.15, 0.2) is 0 Å². The minimum Gasteiger partial charge on any atom is -0.325 e. The van der Waals surface area contributed by atoms with Crippen LogP contribution in [0.4, 0.5) is 0 Å². The zero-order valence-corrected chi connectivity index (χ0v) is 13.0. The summed E-state index contributed by atoms with van der Waals surface area (Å²) in [6, 6.07) is 0. The average Bonchev–Trinajstić information content (AvgIpc) is 2.67. The third kappa shape index (κ3) is 2.26. The normalized spacial score (nSPS) is 49.7. The molecule has 0 aromatic heterocycles. The van der Waals surface area contributed by atoms with Gasteiger partial charge in [-0.05, 0) is 61.7 Å². The Morgan fingerprint density at radius 3 is 2.53 bits per heavy atom. The SMILES string of the molecule is CCCCC1(N)C2CCCCC2C2CC(C)CCC21. The molecule has 0 spiro atoms. The van der Waals surface area contributed by atoms with Gasteiger partial charge in [0.1, 0.15) is 0 Å². The van der Waals surface area contributed by atoms with E-state index in [9.17, 15) is 0 Å². The monoisotopic (exact) mass is 263 g/mol. The molecule has 0 aromatic carbocycles. The highest BCUT2D eigenvalue weighted by atomic mass is 14.8. The van der Waals surface area contributed by atoms with Crippen LogP contribution in [0, 0.1) is 29.6 Å². The molecule has 0 bridgehead atoms. The molecule has 3 saturated carbocycles. The fourth-order valence-electron chi connectivity index (χ4n) is 6.03. The number of hydrogen-bond donors (Lipinski definition) is 1. The summed E-state index contributed by atoms with van der Waals surface area (Å²) < 4.78 is 0. The highest BCUT2D eigenvalue weighted by Crippen LogP contribution is 2.60. The Bertz CT molecular complexity index is 313. The molecule has 0 aromatic rings. The van der Waals surface area contributed by atoms with Gasteiger partial charge < -0.3 is 5.73 Å². The van der Waals surface area contributed by atoms with Crippen LogP contribution < -0.4 is 5.73 Å². The molecule has 0 saturated heterocycles. The lowest BCUT2D eigenvalue weighted by atomic mass is 9.68. The van der Waals surface area contributed by atoms with Gasteiger partial charge in [0.05, 0.1) is 0 Å². The van der Waals surface area contributed by atoms with Crippen LogP contribution in [-0.2, 0) is 0 Å². The smallest absolute Gasteiger partial charge is 0.0216 e. The summed E-state index contributed by atoms with van der Waals surface area (Å²) in [6.45, 7) is 4.79. The molecule has 6 unspecified atom stereocenters. The highest BCUT2D eigenvalue weighted by Gasteiger charge is 2.58. The Labute approximate surface area is 119 Å². The van der Waals surface area contributed by atoms with Crippen molar-refractivity contribution in [1.29, 1.82) is 0 Å². The maximum atomic E-state index is 7.10. The quantitative estimate of drug-likeness (QED) is 0.781. The number of nitrogens with two attached hydrogens (primary N) is 1. The molecule has 0 heterocycles. The molecule has 3 rings (SSSR count). The zero-order chi connectivity index (χ0) is 13.5. The van der Waals surface area contributed by atoms with Crippen LogP contribution in [0.3, 0.4) is 0 Å². The van der Waals surface area contributed by atoms with Gasteiger partial charge in [-0.25, -0.2) is 0 Å². The predicted octanol–water partition coefficient (Wildman–Crippen LogP) is 4.75. The number of hydrogen-bond acceptors (Lipinski definition) is 1. The maximum Gasteiger partial charge on any atom is 0.0216 e. The highest BCUT2D eigenvalue weighted by molar-refractivity contribution is 5.11. The molecular weight excluding hydrogens is 230 g/mol. The average molecular weight is 263 g/mol. The minimum atomic E-state index is 0.214. The summed E-state index contributed by atoms with van der Waals surface area (Å²) in [5.74, 6) is 4.66. The largest absolute Gasteiger partial charge is 0.325 e. The number of rotatable bonds is 3. The second-order valence-corrected chi connectivity index (χ2v) is 7.96. The van der Waals surface area contributed by atoms with Crippen molar-refractivity contribution in [3.63, 3.8) is 0 Å². The van der Waals surface area contributed by atoms with Crippen LogP contribution >= 0.6 is 0 Å². The van der Waals surface area contributed by atoms with Gasteiger partial charge in [0.25, 0.3) is 0 Å². The van der Waals surface area contributed by atoms with Crippen molar-refractivity contribution in [1.82, 2.24) is 0 Å². The molecule has 3 aliphatic rings. The van der Waals surface area contributed by atoms with E-state index in [0.29, 0.717) is 0 Å². The zero-order valence-electron chi connectivity index (χ0n) is 13.0. The molecule has 1 nitrogen and oxygen atoms in total. The van der Waals surface area contributed by atoms with Gasteiger partial charge in [-0.2, -0.15) is 0 Å². The molecule has 2 N–H and O–H groups in total. The van der Waals surface area contributed by atoms with E-state index < -0.39 is 0 Å². The number of fused-ring (bicyclic) bond motifs is 3. The van der Waals surface area contributed by atoms with E-state index in [-0.39, 0.29) is 5.54 Å². The molecule has 0 amide bonds. The Balaban J connectivity index is 1.85. The summed E-state index contributed by atoms with van der Waals surface area (Å²) in [7, 11) is 0. The second-order valence-electron chi connectivity index (χ2n) is 7.96. The van der Waals surface area contributed by atoms with E-state index in [2.05, 4.69) is 13.8 Å². The van der Waals surface area contributed by atoms with Crippen LogP contribution in [0.1, 0.15) is 78.1 Å². The van der Waals surface area contributed by atoms with Gasteiger partial charge in [0.2, 0.25) is 0 Å². The van der Waals surface area contributed by atoms with Crippen LogP contribution in [0.25, 0.3) is 0 Å². The van der Waals surface area contributed by atoms with Crippen molar-refractivity contribution in [2.75, 3.05) is 0 Å². The lowest BCUT2D eigenvalue weighted by molar-refractivity contribution is 0.139. The Morgan fingerprint density at radius 1 is 1.00 bits per heavy atom. The first-order chi connectivity index (χ1) is 9.16. The van der Waals surface area contributed by atoms with Gasteiger partial charge >= 0.3 is 0 Å². The van der Waals surface area contributed by atoms with Crippen molar-refractivity contribution >= 4 is 0 Å². The van der Waals surface area contributed by atoms with Crippen molar-refractivity contribution in [2.24, 2.45) is 35.3 Å². The van der Waals surface area contributed by atoms with E-state index in [0.717, 1.165) is 29.6 Å². The third-order valence-corrected chi connectivity index (χ3v) is 6.88. The molecule has 110 valence electrons. The van der Waals surface area contributed by atoms with E-state index in [4.69, 9.17) is 5.73 Å². The fourth-order valence-corrected chi connectivity index (χ4v) is 6.03. The lowest BCUT2D eigenvalue weighted by Crippen LogP contribution is -2.51. The summed E-state index contributed by atoms with van der Waals surface area (Å²) in [6.07, 6.45) is 14.2. The molecule has 3 fully saturated rings. The lowest BCUT2D eigenvalue weighted by Gasteiger charge is -2.41. The second kappa shape index (κ2) is 5.39. The van der Waals surface area contributed by atoms with E-state index in [1.54, 1.807) is 0 Å². The van der Waals surface area contributed by atoms with E-state index in [1.807, 2.05) is 0 Å². The molecule has 6 atom stereocenters. The fraction of sp³-hybridized carbons (Fsp3) is 1.00. The van der Waals surface area contributed by atoms with Gasteiger partial charge in [-0.1, -0.05) is 46.0 Å².